The van der Waals surface area contributed by atoms with Gasteiger partial charge >= 0.3 is 0 Å². The molecular weight excluding hydrogens is 409 g/mol. The Hall–Kier alpha value is -2.81. The largest absolute Gasteiger partial charge is 0.491 e. The molecule has 0 bridgehead atoms. The second-order valence-corrected chi connectivity index (χ2v) is 8.64. The van der Waals surface area contributed by atoms with Gasteiger partial charge in [-0.1, -0.05) is 18.2 Å². The number of hydrogen-bond donors (Lipinski definition) is 1. The van der Waals surface area contributed by atoms with Crippen LogP contribution in [0.25, 0.3) is 0 Å². The van der Waals surface area contributed by atoms with Gasteiger partial charge in [-0.05, 0) is 25.2 Å². The molecule has 158 valence electrons. The fourth-order valence-corrected chi connectivity index (χ4v) is 5.39. The molecule has 0 radical (unpaired) electrons. The van der Waals surface area contributed by atoms with E-state index in [0.717, 1.165) is 12.2 Å². The van der Waals surface area contributed by atoms with E-state index in [2.05, 4.69) is 5.32 Å². The van der Waals surface area contributed by atoms with Gasteiger partial charge in [0.05, 0.1) is 19.0 Å². The predicted molar refractivity (Wildman–Crippen MR) is 111 cm³/mol. The quantitative estimate of drug-likeness (QED) is 0.803. The Morgan fingerprint density at radius 3 is 2.83 bits per heavy atom. The SMILES string of the molecule is COc1c2n(cc(C(=O)NCc3ccccc3F)c1=O)CC1SCCC(C)N1C2=O. The van der Waals surface area contributed by atoms with Crippen LogP contribution in [-0.4, -0.2) is 45.6 Å². The summed E-state index contributed by atoms with van der Waals surface area (Å²) in [6.07, 6.45) is 2.29. The Balaban J connectivity index is 1.68. The van der Waals surface area contributed by atoms with Crippen LogP contribution in [0.2, 0.25) is 0 Å². The van der Waals surface area contributed by atoms with Crippen LogP contribution in [0.1, 0.15) is 39.8 Å². The van der Waals surface area contributed by atoms with Gasteiger partial charge in [0, 0.05) is 24.3 Å². The van der Waals surface area contributed by atoms with Gasteiger partial charge in [-0.3, -0.25) is 14.4 Å². The highest BCUT2D eigenvalue weighted by Gasteiger charge is 2.40. The highest BCUT2D eigenvalue weighted by molar-refractivity contribution is 7.99. The standard InChI is InChI=1S/C21H22FN3O4S/c1-12-7-8-30-16-11-24-10-14(18(26)19(29-2)17(24)21(28)25(12)16)20(27)23-9-13-5-3-4-6-15(13)22/h3-6,10,12,16H,7-9,11H2,1-2H3,(H,23,27). The fourth-order valence-electron chi connectivity index (χ4n) is 3.91. The van der Waals surface area contributed by atoms with Gasteiger partial charge in [-0.25, -0.2) is 4.39 Å². The maximum Gasteiger partial charge on any atom is 0.275 e. The number of methoxy groups -OCH3 is 1. The van der Waals surface area contributed by atoms with Crippen molar-refractivity contribution in [2.24, 2.45) is 0 Å². The molecule has 2 aliphatic heterocycles. The van der Waals surface area contributed by atoms with Gasteiger partial charge in [-0.15, -0.1) is 11.8 Å². The Morgan fingerprint density at radius 1 is 1.33 bits per heavy atom. The minimum absolute atomic E-state index is 0.0578. The van der Waals surface area contributed by atoms with E-state index in [4.69, 9.17) is 4.74 Å². The summed E-state index contributed by atoms with van der Waals surface area (Å²) in [5, 5.41) is 2.52. The van der Waals surface area contributed by atoms with Crippen LogP contribution in [0.5, 0.6) is 5.75 Å². The molecule has 1 N–H and O–H groups in total. The van der Waals surface area contributed by atoms with Gasteiger partial charge in [0.25, 0.3) is 11.8 Å². The topological polar surface area (TPSA) is 80.6 Å². The number of carbonyl (C=O) groups excluding carboxylic acids is 2. The van der Waals surface area contributed by atoms with Crippen LogP contribution in [0.15, 0.2) is 35.3 Å². The number of pyridine rings is 1. The van der Waals surface area contributed by atoms with Crippen molar-refractivity contribution in [3.63, 3.8) is 0 Å². The molecule has 0 saturated carbocycles. The Bertz CT molecular complexity index is 1070. The summed E-state index contributed by atoms with van der Waals surface area (Å²) in [5.41, 5.74) is -0.311. The lowest BCUT2D eigenvalue weighted by Crippen LogP contribution is -2.54. The minimum Gasteiger partial charge on any atom is -0.491 e. The number of hydrogen-bond acceptors (Lipinski definition) is 5. The molecule has 30 heavy (non-hydrogen) atoms. The van der Waals surface area contributed by atoms with E-state index < -0.39 is 17.2 Å². The lowest BCUT2D eigenvalue weighted by atomic mass is 10.1. The van der Waals surface area contributed by atoms with Crippen LogP contribution < -0.4 is 15.5 Å². The Kier molecular flexibility index (Phi) is 5.55. The summed E-state index contributed by atoms with van der Waals surface area (Å²) in [4.78, 5) is 40.6. The molecule has 2 atom stereocenters. The van der Waals surface area contributed by atoms with Crippen molar-refractivity contribution in [3.05, 3.63) is 63.3 Å². The average Bonchev–Trinajstić information content (AvgIpc) is 2.73. The third-order valence-electron chi connectivity index (χ3n) is 5.51. The van der Waals surface area contributed by atoms with E-state index in [1.54, 1.807) is 39.4 Å². The summed E-state index contributed by atoms with van der Waals surface area (Å²) in [6.45, 7) is 2.40. The summed E-state index contributed by atoms with van der Waals surface area (Å²) in [5.74, 6) is -0.542. The van der Waals surface area contributed by atoms with E-state index in [9.17, 15) is 18.8 Å². The first kappa shape index (κ1) is 20.5. The second-order valence-electron chi connectivity index (χ2n) is 7.36. The van der Waals surface area contributed by atoms with Crippen LogP contribution in [-0.2, 0) is 13.1 Å². The number of amides is 2. The van der Waals surface area contributed by atoms with Gasteiger partial charge in [0.15, 0.2) is 11.4 Å². The minimum atomic E-state index is -0.654. The molecule has 0 spiro atoms. The number of ether oxygens (including phenoxy) is 1. The maximum atomic E-state index is 13.8. The molecule has 1 saturated heterocycles. The second kappa shape index (κ2) is 8.14. The molecule has 9 heteroatoms. The van der Waals surface area contributed by atoms with Crippen molar-refractivity contribution >= 4 is 23.6 Å². The molecule has 1 aromatic heterocycles. The zero-order chi connectivity index (χ0) is 21.4. The number of thioether (sulfide) groups is 1. The molecule has 3 heterocycles. The average molecular weight is 431 g/mol. The first-order valence-corrected chi connectivity index (χ1v) is 10.7. The smallest absolute Gasteiger partial charge is 0.275 e. The van der Waals surface area contributed by atoms with Crippen molar-refractivity contribution in [1.82, 2.24) is 14.8 Å². The molecule has 0 aliphatic carbocycles. The van der Waals surface area contributed by atoms with Crippen molar-refractivity contribution in [2.45, 2.75) is 37.8 Å². The first-order valence-electron chi connectivity index (χ1n) is 9.69. The lowest BCUT2D eigenvalue weighted by Gasteiger charge is -2.44. The zero-order valence-electron chi connectivity index (χ0n) is 16.7. The zero-order valence-corrected chi connectivity index (χ0v) is 17.5. The molecule has 7 nitrogen and oxygen atoms in total. The number of nitrogens with one attached hydrogen (secondary N) is 1. The number of nitrogens with zero attached hydrogens (tertiary/aromatic N) is 2. The summed E-state index contributed by atoms with van der Waals surface area (Å²) in [6, 6.07) is 6.16. The Labute approximate surface area is 177 Å². The van der Waals surface area contributed by atoms with Crippen LogP contribution in [0.3, 0.4) is 0 Å². The molecular formula is C21H22FN3O4S. The monoisotopic (exact) mass is 431 g/mol. The number of rotatable bonds is 4. The van der Waals surface area contributed by atoms with Crippen LogP contribution >= 0.6 is 11.8 Å². The summed E-state index contributed by atoms with van der Waals surface area (Å²) in [7, 11) is 1.31. The van der Waals surface area contributed by atoms with Gasteiger partial charge in [-0.2, -0.15) is 0 Å². The summed E-state index contributed by atoms with van der Waals surface area (Å²) < 4.78 is 20.7. The van der Waals surface area contributed by atoms with Crippen LogP contribution in [0.4, 0.5) is 4.39 Å². The van der Waals surface area contributed by atoms with Crippen molar-refractivity contribution in [3.8, 4) is 5.75 Å². The molecule has 4 rings (SSSR count). The van der Waals surface area contributed by atoms with E-state index in [-0.39, 0.29) is 40.9 Å². The molecule has 2 amide bonds. The van der Waals surface area contributed by atoms with Gasteiger partial charge < -0.3 is 19.5 Å². The van der Waals surface area contributed by atoms with E-state index in [0.29, 0.717) is 12.1 Å². The van der Waals surface area contributed by atoms with Crippen molar-refractivity contribution in [1.29, 1.82) is 0 Å². The van der Waals surface area contributed by atoms with Gasteiger partial charge in [0.2, 0.25) is 5.43 Å². The van der Waals surface area contributed by atoms with E-state index >= 15 is 0 Å². The predicted octanol–water partition coefficient (Wildman–Crippen LogP) is 2.23. The Morgan fingerprint density at radius 2 is 2.10 bits per heavy atom. The van der Waals surface area contributed by atoms with Crippen LogP contribution in [0, 0.1) is 5.82 Å². The highest BCUT2D eigenvalue weighted by atomic mass is 32.2. The highest BCUT2D eigenvalue weighted by Crippen LogP contribution is 2.35. The molecule has 2 aromatic rings. The van der Waals surface area contributed by atoms with E-state index in [1.807, 2.05) is 6.92 Å². The maximum absolute atomic E-state index is 13.8. The molecule has 2 unspecified atom stereocenters. The van der Waals surface area contributed by atoms with E-state index in [1.165, 1.54) is 19.4 Å². The lowest BCUT2D eigenvalue weighted by molar-refractivity contribution is 0.0573. The molecule has 1 aromatic carbocycles. The first-order chi connectivity index (χ1) is 14.4. The number of benzene rings is 1. The number of fused-ring (bicyclic) bond motifs is 2. The molecule has 2 aliphatic rings. The number of carbonyl (C=O) groups is 2. The number of halogens is 1. The summed E-state index contributed by atoms with van der Waals surface area (Å²) >= 11 is 1.68. The third-order valence-corrected chi connectivity index (χ3v) is 6.74. The molecule has 1 fully saturated rings. The van der Waals surface area contributed by atoms with Gasteiger partial charge in [0.1, 0.15) is 11.4 Å². The number of aromatic nitrogens is 1. The third kappa shape index (κ3) is 3.47. The normalized spacial score (nSPS) is 20.4. The fraction of sp³-hybridized carbons (Fsp3) is 0.381. The van der Waals surface area contributed by atoms with Crippen molar-refractivity contribution in [2.75, 3.05) is 12.9 Å². The van der Waals surface area contributed by atoms with Crippen molar-refractivity contribution < 1.29 is 18.7 Å².